The Morgan fingerprint density at radius 2 is 1.89 bits per heavy atom. The van der Waals surface area contributed by atoms with Crippen LogP contribution < -0.4 is 10.6 Å². The predicted octanol–water partition coefficient (Wildman–Crippen LogP) is 2.14. The van der Waals surface area contributed by atoms with Crippen LogP contribution in [-0.4, -0.2) is 82.4 Å². The first-order valence-electron chi connectivity index (χ1n) is 10.1. The highest BCUT2D eigenvalue weighted by atomic mass is 127. The summed E-state index contributed by atoms with van der Waals surface area (Å²) in [6, 6.07) is 0. The number of guanidine groups is 1. The van der Waals surface area contributed by atoms with Gasteiger partial charge in [-0.1, -0.05) is 12.8 Å². The van der Waals surface area contributed by atoms with Crippen LogP contribution in [-0.2, 0) is 14.8 Å². The largest absolute Gasteiger partial charge is 0.382 e. The van der Waals surface area contributed by atoms with Crippen LogP contribution in [0.1, 0.15) is 39.0 Å². The third kappa shape index (κ3) is 8.53. The lowest BCUT2D eigenvalue weighted by Gasteiger charge is -2.30. The van der Waals surface area contributed by atoms with Gasteiger partial charge in [-0.25, -0.2) is 12.7 Å². The lowest BCUT2D eigenvalue weighted by molar-refractivity contribution is 0.105. The maximum atomic E-state index is 12.4. The molecule has 0 spiro atoms. The quantitative estimate of drug-likeness (QED) is 0.189. The summed E-state index contributed by atoms with van der Waals surface area (Å²) in [4.78, 5) is 4.26. The molecule has 10 heteroatoms. The van der Waals surface area contributed by atoms with Gasteiger partial charge in [-0.15, -0.1) is 24.0 Å². The molecule has 0 unspecified atom stereocenters. The van der Waals surface area contributed by atoms with E-state index in [2.05, 4.69) is 15.6 Å². The molecule has 0 bridgehead atoms. The van der Waals surface area contributed by atoms with Gasteiger partial charge in [-0.2, -0.15) is 11.8 Å². The first kappa shape index (κ1) is 26.3. The van der Waals surface area contributed by atoms with Crippen molar-refractivity contribution >= 4 is 51.7 Å². The zero-order valence-electron chi connectivity index (χ0n) is 17.2. The summed E-state index contributed by atoms with van der Waals surface area (Å²) in [6.07, 6.45) is 6.03. The van der Waals surface area contributed by atoms with E-state index in [1.54, 1.807) is 11.4 Å². The fourth-order valence-corrected chi connectivity index (χ4v) is 6.31. The van der Waals surface area contributed by atoms with E-state index < -0.39 is 10.0 Å². The Bertz CT molecular complexity index is 563. The molecule has 2 fully saturated rings. The predicted molar refractivity (Wildman–Crippen MR) is 129 cm³/mol. The molecule has 166 valence electrons. The standard InChI is InChI=1S/C18H36N4O3S2.HI/c1-3-25-12-8-18(6-4-5-7-18)16-21-17(19-2)20-9-15-27(23,24)22-10-13-26-14-11-22;/h3-16H2,1-2H3,(H2,19,20,21);1H. The Kier molecular flexibility index (Phi) is 12.7. The number of thioether (sulfide) groups is 1. The molecule has 2 rings (SSSR count). The molecule has 1 aliphatic carbocycles. The lowest BCUT2D eigenvalue weighted by atomic mass is 9.83. The van der Waals surface area contributed by atoms with Crippen LogP contribution in [0.15, 0.2) is 4.99 Å². The molecule has 1 saturated carbocycles. The summed E-state index contributed by atoms with van der Waals surface area (Å²) < 4.78 is 32.0. The maximum Gasteiger partial charge on any atom is 0.215 e. The topological polar surface area (TPSA) is 83.0 Å². The molecule has 2 N–H and O–H groups in total. The molecule has 0 aromatic heterocycles. The summed E-state index contributed by atoms with van der Waals surface area (Å²) in [5.41, 5.74) is 0.268. The summed E-state index contributed by atoms with van der Waals surface area (Å²) in [7, 11) is -1.46. The van der Waals surface area contributed by atoms with E-state index in [1.807, 2.05) is 18.7 Å². The number of hydrogen-bond donors (Lipinski definition) is 2. The highest BCUT2D eigenvalue weighted by Gasteiger charge is 2.33. The Morgan fingerprint density at radius 3 is 2.50 bits per heavy atom. The van der Waals surface area contributed by atoms with Gasteiger partial charge in [-0.05, 0) is 31.6 Å². The molecule has 0 aromatic carbocycles. The average Bonchev–Trinajstić information content (AvgIpc) is 3.14. The number of hydrogen-bond acceptors (Lipinski definition) is 5. The van der Waals surface area contributed by atoms with Gasteiger partial charge in [0.2, 0.25) is 10.0 Å². The molecular formula is C18H37IN4O3S2. The number of aliphatic imine (C=N–C) groups is 1. The third-order valence-electron chi connectivity index (χ3n) is 5.52. The summed E-state index contributed by atoms with van der Waals surface area (Å²) in [6.45, 7) is 6.08. The van der Waals surface area contributed by atoms with Crippen LogP contribution in [0.3, 0.4) is 0 Å². The highest BCUT2D eigenvalue weighted by Crippen LogP contribution is 2.40. The van der Waals surface area contributed by atoms with Gasteiger partial charge in [0.05, 0.1) is 5.75 Å². The molecule has 1 saturated heterocycles. The van der Waals surface area contributed by atoms with E-state index in [9.17, 15) is 8.42 Å². The van der Waals surface area contributed by atoms with Crippen LogP contribution in [0.2, 0.25) is 0 Å². The maximum absolute atomic E-state index is 12.4. The second-order valence-corrected chi connectivity index (χ2v) is 10.6. The lowest BCUT2D eigenvalue weighted by Crippen LogP contribution is -2.46. The van der Waals surface area contributed by atoms with Gasteiger partial charge in [0, 0.05) is 57.9 Å². The van der Waals surface area contributed by atoms with Crippen molar-refractivity contribution in [1.82, 2.24) is 14.9 Å². The Labute approximate surface area is 192 Å². The molecule has 0 aromatic rings. The Morgan fingerprint density at radius 1 is 1.21 bits per heavy atom. The summed E-state index contributed by atoms with van der Waals surface area (Å²) in [5, 5.41) is 6.59. The van der Waals surface area contributed by atoms with Crippen LogP contribution in [0.4, 0.5) is 0 Å². The van der Waals surface area contributed by atoms with Gasteiger partial charge in [0.25, 0.3) is 0 Å². The minimum absolute atomic E-state index is 0. The van der Waals surface area contributed by atoms with Gasteiger partial charge in [-0.3, -0.25) is 4.99 Å². The molecule has 0 atom stereocenters. The zero-order chi connectivity index (χ0) is 19.6. The normalized spacial score (nSPS) is 20.6. The monoisotopic (exact) mass is 548 g/mol. The van der Waals surface area contributed by atoms with Gasteiger partial charge in [0.1, 0.15) is 0 Å². The molecule has 28 heavy (non-hydrogen) atoms. The Balaban J connectivity index is 0.00000392. The smallest absolute Gasteiger partial charge is 0.215 e. The van der Waals surface area contributed by atoms with Crippen molar-refractivity contribution in [3.8, 4) is 0 Å². The van der Waals surface area contributed by atoms with E-state index in [0.717, 1.165) is 37.7 Å². The minimum atomic E-state index is -3.19. The number of halogens is 1. The fourth-order valence-electron chi connectivity index (χ4n) is 3.82. The number of ether oxygens (including phenoxy) is 1. The van der Waals surface area contributed by atoms with E-state index >= 15 is 0 Å². The molecule has 0 amide bonds. The third-order valence-corrected chi connectivity index (χ3v) is 8.33. The molecule has 7 nitrogen and oxygen atoms in total. The van der Waals surface area contributed by atoms with E-state index in [1.165, 1.54) is 25.7 Å². The van der Waals surface area contributed by atoms with E-state index in [4.69, 9.17) is 4.74 Å². The van der Waals surface area contributed by atoms with Crippen molar-refractivity contribution in [1.29, 1.82) is 0 Å². The van der Waals surface area contributed by atoms with Gasteiger partial charge in [0.15, 0.2) is 5.96 Å². The van der Waals surface area contributed by atoms with Crippen molar-refractivity contribution in [2.24, 2.45) is 10.4 Å². The van der Waals surface area contributed by atoms with Crippen LogP contribution >= 0.6 is 35.7 Å². The SMILES string of the molecule is CCOCCC1(CNC(=NC)NCCS(=O)(=O)N2CCSCC2)CCCC1.I. The van der Waals surface area contributed by atoms with Crippen molar-refractivity contribution in [3.63, 3.8) is 0 Å². The van der Waals surface area contributed by atoms with E-state index in [0.29, 0.717) is 25.6 Å². The molecule has 2 aliphatic rings. The van der Waals surface area contributed by atoms with Crippen molar-refractivity contribution < 1.29 is 13.2 Å². The molecule has 1 aliphatic heterocycles. The van der Waals surface area contributed by atoms with Gasteiger partial charge >= 0.3 is 0 Å². The highest BCUT2D eigenvalue weighted by molar-refractivity contribution is 14.0. The van der Waals surface area contributed by atoms with Crippen molar-refractivity contribution in [2.75, 3.05) is 63.7 Å². The van der Waals surface area contributed by atoms with Crippen LogP contribution in [0.25, 0.3) is 0 Å². The van der Waals surface area contributed by atoms with Gasteiger partial charge < -0.3 is 15.4 Å². The first-order chi connectivity index (χ1) is 13.0. The number of rotatable bonds is 10. The number of nitrogens with one attached hydrogen (secondary N) is 2. The molecule has 1 heterocycles. The molecule has 0 radical (unpaired) electrons. The zero-order valence-corrected chi connectivity index (χ0v) is 21.2. The summed E-state index contributed by atoms with van der Waals surface area (Å²) >= 11 is 1.81. The Hall–Kier alpha value is 0.220. The van der Waals surface area contributed by atoms with E-state index in [-0.39, 0.29) is 35.1 Å². The van der Waals surface area contributed by atoms with Crippen LogP contribution in [0.5, 0.6) is 0 Å². The second kappa shape index (κ2) is 13.5. The number of nitrogens with zero attached hydrogens (tertiary/aromatic N) is 2. The number of sulfonamides is 1. The molecular weight excluding hydrogens is 511 g/mol. The fraction of sp³-hybridized carbons (Fsp3) is 0.944. The second-order valence-electron chi connectivity index (χ2n) is 7.33. The minimum Gasteiger partial charge on any atom is -0.382 e. The summed E-state index contributed by atoms with van der Waals surface area (Å²) in [5.74, 6) is 2.56. The van der Waals surface area contributed by atoms with Crippen molar-refractivity contribution in [2.45, 2.75) is 39.0 Å². The average molecular weight is 549 g/mol. The van der Waals surface area contributed by atoms with Crippen molar-refractivity contribution in [3.05, 3.63) is 0 Å². The van der Waals surface area contributed by atoms with Crippen LogP contribution in [0, 0.1) is 5.41 Å². The first-order valence-corrected chi connectivity index (χ1v) is 12.9.